The Balaban J connectivity index is 0.00000385. The fraction of sp³-hybridized carbons (Fsp3) is 0.167. The van der Waals surface area contributed by atoms with Gasteiger partial charge in [0.2, 0.25) is 5.91 Å². The molecule has 9 heteroatoms. The normalized spacial score (nSPS) is 11.2. The summed E-state index contributed by atoms with van der Waals surface area (Å²) < 4.78 is 32.6. The number of halogens is 3. The highest BCUT2D eigenvalue weighted by molar-refractivity contribution is 7.59. The molecule has 0 radical (unpaired) electrons. The molecule has 3 rings (SSSR count). The first-order valence-electron chi connectivity index (χ1n) is 9.75. The Morgan fingerprint density at radius 3 is 2.27 bits per heavy atom. The summed E-state index contributed by atoms with van der Waals surface area (Å²) in [6, 6.07) is 15.2. The Morgan fingerprint density at radius 2 is 1.67 bits per heavy atom. The average Bonchev–Trinajstić information content (AvgIpc) is 2.74. The molecule has 0 aliphatic carbocycles. The third-order valence-electron chi connectivity index (χ3n) is 4.78. The van der Waals surface area contributed by atoms with Gasteiger partial charge in [0.1, 0.15) is 23.4 Å². The van der Waals surface area contributed by atoms with Crippen LogP contribution in [0.3, 0.4) is 0 Å². The summed E-state index contributed by atoms with van der Waals surface area (Å²) in [6.45, 7) is 1.83. The van der Waals surface area contributed by atoms with Crippen LogP contribution in [0.15, 0.2) is 66.7 Å². The van der Waals surface area contributed by atoms with Crippen molar-refractivity contribution in [3.05, 3.63) is 94.5 Å². The number of rotatable bonds is 6. The first kappa shape index (κ1) is 26.2. The fourth-order valence-corrected chi connectivity index (χ4v) is 3.26. The lowest BCUT2D eigenvalue weighted by Crippen LogP contribution is -2.49. The molecule has 0 bridgehead atoms. The zero-order valence-electron chi connectivity index (χ0n) is 17.9. The van der Waals surface area contributed by atoms with E-state index in [-0.39, 0.29) is 31.2 Å². The Bertz CT molecular complexity index is 1110. The molecule has 0 spiro atoms. The van der Waals surface area contributed by atoms with Crippen LogP contribution in [0.2, 0.25) is 5.02 Å². The molecule has 3 aromatic carbocycles. The van der Waals surface area contributed by atoms with Gasteiger partial charge in [-0.3, -0.25) is 4.79 Å². The number of amides is 2. The van der Waals surface area contributed by atoms with Gasteiger partial charge in [-0.05, 0) is 54.4 Å². The summed E-state index contributed by atoms with van der Waals surface area (Å²) in [4.78, 5) is 27.0. The van der Waals surface area contributed by atoms with Crippen LogP contribution in [-0.2, 0) is 11.2 Å². The zero-order valence-corrected chi connectivity index (χ0v) is 19.7. The van der Waals surface area contributed by atoms with Gasteiger partial charge >= 0.3 is 6.09 Å². The molecule has 0 aliphatic rings. The van der Waals surface area contributed by atoms with E-state index >= 15 is 0 Å². The van der Waals surface area contributed by atoms with Crippen molar-refractivity contribution in [2.45, 2.75) is 19.4 Å². The Kier molecular flexibility index (Phi) is 9.25. The summed E-state index contributed by atoms with van der Waals surface area (Å²) in [5.74, 6) is -1.79. The lowest BCUT2D eigenvalue weighted by atomic mass is 10.0. The highest BCUT2D eigenvalue weighted by Gasteiger charge is 2.27. The molecule has 0 saturated heterocycles. The van der Waals surface area contributed by atoms with Gasteiger partial charge in [0.15, 0.2) is 0 Å². The predicted molar refractivity (Wildman–Crippen MR) is 129 cm³/mol. The SMILES string of the molecule is Cc1ccc(N(C)C(=O)[C@H](Cc2cc(F)cc(F)c2)NC(=O)Oc2ccccc2)cc1Cl.S. The van der Waals surface area contributed by atoms with Crippen molar-refractivity contribution in [3.8, 4) is 5.75 Å². The van der Waals surface area contributed by atoms with Crippen LogP contribution in [0.25, 0.3) is 0 Å². The smallest absolute Gasteiger partial charge is 0.410 e. The molecular weight excluding hydrogens is 470 g/mol. The van der Waals surface area contributed by atoms with E-state index in [0.717, 1.165) is 23.8 Å². The minimum atomic E-state index is -1.16. The number of hydrogen-bond acceptors (Lipinski definition) is 3. The molecule has 1 atom stereocenters. The van der Waals surface area contributed by atoms with Gasteiger partial charge in [-0.25, -0.2) is 13.6 Å². The standard InChI is InChI=1S/C24H21ClF2N2O3.H2S/c1-15-8-9-19(14-21(15)25)29(2)23(30)22(12-16-10-17(26)13-18(27)11-16)28-24(31)32-20-6-4-3-5-7-20;/h3-11,13-14,22H,12H2,1-2H3,(H,28,31);1H2/t22-;/m0./s1. The Morgan fingerprint density at radius 1 is 1.03 bits per heavy atom. The maximum atomic E-state index is 13.7. The third kappa shape index (κ3) is 7.20. The minimum absolute atomic E-state index is 0. The molecule has 0 fully saturated rings. The van der Waals surface area contributed by atoms with E-state index in [9.17, 15) is 18.4 Å². The van der Waals surface area contributed by atoms with Gasteiger partial charge in [-0.15, -0.1) is 0 Å². The molecule has 0 unspecified atom stereocenters. The van der Waals surface area contributed by atoms with Crippen LogP contribution in [0.4, 0.5) is 19.3 Å². The van der Waals surface area contributed by atoms with E-state index in [1.54, 1.807) is 48.5 Å². The fourth-order valence-electron chi connectivity index (χ4n) is 3.08. The van der Waals surface area contributed by atoms with Crippen molar-refractivity contribution < 1.29 is 23.1 Å². The number of para-hydroxylation sites is 1. The molecule has 174 valence electrons. The Hall–Kier alpha value is -3.10. The van der Waals surface area contributed by atoms with Gasteiger partial charge < -0.3 is 15.0 Å². The second kappa shape index (κ2) is 11.7. The number of carbonyl (C=O) groups is 2. The number of nitrogens with one attached hydrogen (secondary N) is 1. The number of hydrogen-bond donors (Lipinski definition) is 1. The predicted octanol–water partition coefficient (Wildman–Crippen LogP) is 5.40. The molecule has 1 N–H and O–H groups in total. The van der Waals surface area contributed by atoms with E-state index in [2.05, 4.69) is 5.32 Å². The number of anilines is 1. The van der Waals surface area contributed by atoms with Gasteiger partial charge in [-0.2, -0.15) is 13.5 Å². The molecule has 0 saturated carbocycles. The Labute approximate surface area is 202 Å². The van der Waals surface area contributed by atoms with Gasteiger partial charge in [0.05, 0.1) is 0 Å². The highest BCUT2D eigenvalue weighted by atomic mass is 35.5. The molecule has 3 aromatic rings. The van der Waals surface area contributed by atoms with Crippen LogP contribution < -0.4 is 15.0 Å². The molecule has 0 aromatic heterocycles. The quantitative estimate of drug-likeness (QED) is 0.501. The lowest BCUT2D eigenvalue weighted by Gasteiger charge is -2.25. The molecule has 2 amide bonds. The summed E-state index contributed by atoms with van der Waals surface area (Å²) in [5, 5.41) is 2.97. The number of carbonyl (C=O) groups excluding carboxylic acids is 2. The average molecular weight is 493 g/mol. The van der Waals surface area contributed by atoms with E-state index in [0.29, 0.717) is 10.7 Å². The van der Waals surface area contributed by atoms with Crippen molar-refractivity contribution in [2.24, 2.45) is 0 Å². The first-order valence-corrected chi connectivity index (χ1v) is 10.1. The second-order valence-corrected chi connectivity index (χ2v) is 7.62. The van der Waals surface area contributed by atoms with Crippen molar-refractivity contribution in [2.75, 3.05) is 11.9 Å². The topological polar surface area (TPSA) is 58.6 Å². The second-order valence-electron chi connectivity index (χ2n) is 7.21. The highest BCUT2D eigenvalue weighted by Crippen LogP contribution is 2.23. The summed E-state index contributed by atoms with van der Waals surface area (Å²) >= 11 is 6.17. The van der Waals surface area contributed by atoms with Crippen molar-refractivity contribution in [1.82, 2.24) is 5.32 Å². The molecular formula is C24H23ClF2N2O3S. The molecule has 0 heterocycles. The van der Waals surface area contributed by atoms with Crippen LogP contribution in [0.5, 0.6) is 5.75 Å². The van der Waals surface area contributed by atoms with Crippen molar-refractivity contribution in [1.29, 1.82) is 0 Å². The maximum absolute atomic E-state index is 13.7. The number of ether oxygens (including phenoxy) is 1. The first-order chi connectivity index (χ1) is 15.2. The van der Waals surface area contributed by atoms with Crippen LogP contribution in [0.1, 0.15) is 11.1 Å². The molecule has 33 heavy (non-hydrogen) atoms. The number of likely N-dealkylation sites (N-methyl/N-ethyl adjacent to an activating group) is 1. The van der Waals surface area contributed by atoms with Crippen molar-refractivity contribution >= 4 is 42.8 Å². The van der Waals surface area contributed by atoms with Crippen LogP contribution in [0, 0.1) is 18.6 Å². The van der Waals surface area contributed by atoms with E-state index in [1.165, 1.54) is 11.9 Å². The number of aryl methyl sites for hydroxylation is 1. The van der Waals surface area contributed by atoms with E-state index < -0.39 is 29.7 Å². The summed E-state index contributed by atoms with van der Waals surface area (Å²) in [5.41, 5.74) is 1.54. The monoisotopic (exact) mass is 492 g/mol. The van der Waals surface area contributed by atoms with Gasteiger partial charge in [0, 0.05) is 30.2 Å². The third-order valence-corrected chi connectivity index (χ3v) is 5.19. The molecule has 5 nitrogen and oxygen atoms in total. The van der Waals surface area contributed by atoms with Crippen LogP contribution in [-0.4, -0.2) is 25.1 Å². The largest absolute Gasteiger partial charge is 0.413 e. The van der Waals surface area contributed by atoms with Gasteiger partial charge in [-0.1, -0.05) is 35.9 Å². The van der Waals surface area contributed by atoms with Gasteiger partial charge in [0.25, 0.3) is 0 Å². The summed E-state index contributed by atoms with van der Waals surface area (Å²) in [6.07, 6.45) is -1.02. The van der Waals surface area contributed by atoms with E-state index in [4.69, 9.17) is 16.3 Å². The maximum Gasteiger partial charge on any atom is 0.413 e. The lowest BCUT2D eigenvalue weighted by molar-refractivity contribution is -0.120. The molecule has 0 aliphatic heterocycles. The van der Waals surface area contributed by atoms with Crippen molar-refractivity contribution in [3.63, 3.8) is 0 Å². The number of nitrogens with zero attached hydrogens (tertiary/aromatic N) is 1. The number of benzene rings is 3. The van der Waals surface area contributed by atoms with Crippen LogP contribution >= 0.6 is 25.1 Å². The van der Waals surface area contributed by atoms with E-state index in [1.807, 2.05) is 6.92 Å². The minimum Gasteiger partial charge on any atom is -0.410 e. The summed E-state index contributed by atoms with van der Waals surface area (Å²) in [7, 11) is 1.52. The zero-order chi connectivity index (χ0) is 23.3.